The van der Waals surface area contributed by atoms with Crippen LogP contribution in [0, 0.1) is 6.92 Å². The highest BCUT2D eigenvalue weighted by Gasteiger charge is 2.26. The van der Waals surface area contributed by atoms with Gasteiger partial charge in [0.1, 0.15) is 11.8 Å². The average Bonchev–Trinajstić information content (AvgIpc) is 3.65. The molecule has 1 saturated heterocycles. The van der Waals surface area contributed by atoms with Gasteiger partial charge in [-0.2, -0.15) is 10.2 Å². The highest BCUT2D eigenvalue weighted by molar-refractivity contribution is 5.77. The van der Waals surface area contributed by atoms with Gasteiger partial charge >= 0.3 is 0 Å². The lowest BCUT2D eigenvalue weighted by molar-refractivity contribution is 0.230. The summed E-state index contributed by atoms with van der Waals surface area (Å²) in [5.74, 6) is 1.60. The van der Waals surface area contributed by atoms with E-state index in [2.05, 4.69) is 72.2 Å². The van der Waals surface area contributed by atoms with Crippen LogP contribution in [0.15, 0.2) is 67.6 Å². The van der Waals surface area contributed by atoms with E-state index in [4.69, 9.17) is 5.73 Å². The number of benzene rings is 1. The first-order valence-corrected chi connectivity index (χ1v) is 13.5. The van der Waals surface area contributed by atoms with Gasteiger partial charge in [0.15, 0.2) is 5.82 Å². The third kappa shape index (κ3) is 4.78. The van der Waals surface area contributed by atoms with Crippen LogP contribution in [0.4, 0.5) is 11.8 Å². The zero-order valence-corrected chi connectivity index (χ0v) is 23.0. The molecule has 6 rings (SSSR count). The first-order chi connectivity index (χ1) is 19.3. The zero-order valence-electron chi connectivity index (χ0n) is 23.0. The van der Waals surface area contributed by atoms with Gasteiger partial charge in [0.25, 0.3) is 0 Å². The van der Waals surface area contributed by atoms with Crippen LogP contribution in [0.5, 0.6) is 0 Å². The third-order valence-corrected chi connectivity index (χ3v) is 7.79. The maximum Gasteiger partial charge on any atom is 0.225 e. The summed E-state index contributed by atoms with van der Waals surface area (Å²) in [4.78, 5) is 18.5. The molecule has 1 aliphatic heterocycles. The van der Waals surface area contributed by atoms with Crippen LogP contribution >= 0.6 is 0 Å². The standard InChI is InChI=1S/C29H34N10O/c1-20-4-6-24(7-5-20)29(3,30)25-14-31-28(32-15-25)37-10-8-36(9-11-37)27-26-12-22(16-39(26)35-19-33-27)23-13-34-38(17-23)21(2)18-40/h4-7,12-17,19,21,40H,8-11,18,30H2,1-3H3/t21-,29-/m0/s1. The number of nitrogens with zero attached hydrogens (tertiary/aromatic N) is 9. The number of fused-ring (bicyclic) bond motifs is 1. The Balaban J connectivity index is 1.16. The van der Waals surface area contributed by atoms with Crippen molar-refractivity contribution in [2.45, 2.75) is 32.4 Å². The summed E-state index contributed by atoms with van der Waals surface area (Å²) in [6.07, 6.45) is 11.0. The number of piperazine rings is 1. The van der Waals surface area contributed by atoms with Gasteiger partial charge in [-0.3, -0.25) is 4.68 Å². The number of anilines is 2. The minimum Gasteiger partial charge on any atom is -0.394 e. The van der Waals surface area contributed by atoms with E-state index in [0.717, 1.165) is 59.8 Å². The molecule has 0 saturated carbocycles. The lowest BCUT2D eigenvalue weighted by atomic mass is 9.87. The molecule has 3 N–H and O–H groups in total. The van der Waals surface area contributed by atoms with Gasteiger partial charge in [0.2, 0.25) is 5.95 Å². The highest BCUT2D eigenvalue weighted by atomic mass is 16.3. The summed E-state index contributed by atoms with van der Waals surface area (Å²) in [7, 11) is 0. The van der Waals surface area contributed by atoms with Crippen LogP contribution in [-0.2, 0) is 5.54 Å². The minimum absolute atomic E-state index is 0.0372. The van der Waals surface area contributed by atoms with Crippen LogP contribution in [-0.4, -0.2) is 72.2 Å². The fourth-order valence-electron chi connectivity index (χ4n) is 5.07. The molecule has 0 spiro atoms. The second kappa shape index (κ2) is 10.3. The highest BCUT2D eigenvalue weighted by Crippen LogP contribution is 2.29. The fourth-order valence-corrected chi connectivity index (χ4v) is 5.07. The van der Waals surface area contributed by atoms with Crippen LogP contribution in [0.2, 0.25) is 0 Å². The fraction of sp³-hybridized carbons (Fsp3) is 0.345. The Labute approximate surface area is 232 Å². The van der Waals surface area contributed by atoms with E-state index in [9.17, 15) is 5.11 Å². The van der Waals surface area contributed by atoms with E-state index in [0.29, 0.717) is 5.95 Å². The number of aryl methyl sites for hydroxylation is 1. The molecule has 0 unspecified atom stereocenters. The van der Waals surface area contributed by atoms with Gasteiger partial charge in [-0.05, 0) is 32.4 Å². The van der Waals surface area contributed by atoms with Gasteiger partial charge in [0.05, 0.1) is 24.4 Å². The molecule has 5 heterocycles. The van der Waals surface area contributed by atoms with E-state index in [1.165, 1.54) is 5.56 Å². The monoisotopic (exact) mass is 538 g/mol. The molecular formula is C29H34N10O. The first kappa shape index (κ1) is 25.9. The lowest BCUT2D eigenvalue weighted by Crippen LogP contribution is -2.47. The van der Waals surface area contributed by atoms with Crippen LogP contribution < -0.4 is 15.5 Å². The van der Waals surface area contributed by atoms with Crippen LogP contribution in [0.3, 0.4) is 0 Å². The van der Waals surface area contributed by atoms with Crippen molar-refractivity contribution in [2.24, 2.45) is 5.73 Å². The van der Waals surface area contributed by atoms with Gasteiger partial charge < -0.3 is 20.6 Å². The van der Waals surface area contributed by atoms with Crippen molar-refractivity contribution in [3.63, 3.8) is 0 Å². The summed E-state index contributed by atoms with van der Waals surface area (Å²) in [6.45, 7) is 9.12. The molecule has 11 nitrogen and oxygen atoms in total. The Morgan fingerprint density at radius 3 is 2.30 bits per heavy atom. The number of hydrogen-bond donors (Lipinski definition) is 2. The van der Waals surface area contributed by atoms with Crippen molar-refractivity contribution in [3.8, 4) is 11.1 Å². The summed E-state index contributed by atoms with van der Waals surface area (Å²) in [5, 5.41) is 18.3. The van der Waals surface area contributed by atoms with Gasteiger partial charge in [0, 0.05) is 67.7 Å². The van der Waals surface area contributed by atoms with E-state index in [1.54, 1.807) is 11.0 Å². The molecule has 4 aromatic heterocycles. The van der Waals surface area contributed by atoms with Gasteiger partial charge in [-0.25, -0.2) is 19.5 Å². The molecule has 206 valence electrons. The smallest absolute Gasteiger partial charge is 0.225 e. The van der Waals surface area contributed by atoms with Crippen molar-refractivity contribution in [3.05, 3.63) is 84.3 Å². The van der Waals surface area contributed by atoms with Crippen molar-refractivity contribution in [1.29, 1.82) is 0 Å². The molecule has 0 radical (unpaired) electrons. The SMILES string of the molecule is Cc1ccc([C@](C)(N)c2cnc(N3CCN(c4ncnn5cc(-c6cnn([C@@H](C)CO)c6)cc45)CC3)nc2)cc1. The molecule has 0 amide bonds. The maximum absolute atomic E-state index is 9.44. The Morgan fingerprint density at radius 1 is 0.900 bits per heavy atom. The Bertz CT molecular complexity index is 1600. The van der Waals surface area contributed by atoms with Crippen molar-refractivity contribution >= 4 is 17.3 Å². The molecular weight excluding hydrogens is 504 g/mol. The number of rotatable bonds is 7. The van der Waals surface area contributed by atoms with Crippen LogP contribution in [0.1, 0.15) is 36.6 Å². The normalized spacial score (nSPS) is 16.3. The van der Waals surface area contributed by atoms with Gasteiger partial charge in [-0.1, -0.05) is 29.8 Å². The molecule has 2 atom stereocenters. The Hall–Kier alpha value is -4.35. The Morgan fingerprint density at radius 2 is 1.60 bits per heavy atom. The summed E-state index contributed by atoms with van der Waals surface area (Å²) < 4.78 is 3.63. The topological polar surface area (TPSA) is 127 Å². The largest absolute Gasteiger partial charge is 0.394 e. The lowest BCUT2D eigenvalue weighted by Gasteiger charge is -2.35. The van der Waals surface area contributed by atoms with E-state index >= 15 is 0 Å². The predicted molar refractivity (Wildman–Crippen MR) is 154 cm³/mol. The van der Waals surface area contributed by atoms with E-state index in [1.807, 2.05) is 49.3 Å². The molecule has 0 bridgehead atoms. The molecule has 0 aliphatic carbocycles. The van der Waals surface area contributed by atoms with E-state index < -0.39 is 5.54 Å². The quantitative estimate of drug-likeness (QED) is 0.322. The molecule has 11 heteroatoms. The molecule has 1 fully saturated rings. The number of aromatic nitrogens is 7. The predicted octanol–water partition coefficient (Wildman–Crippen LogP) is 2.79. The third-order valence-electron chi connectivity index (χ3n) is 7.79. The Kier molecular flexibility index (Phi) is 6.68. The zero-order chi connectivity index (χ0) is 27.9. The summed E-state index contributed by atoms with van der Waals surface area (Å²) >= 11 is 0. The molecule has 40 heavy (non-hydrogen) atoms. The first-order valence-electron chi connectivity index (χ1n) is 13.5. The average molecular weight is 539 g/mol. The van der Waals surface area contributed by atoms with Crippen molar-refractivity contribution < 1.29 is 5.11 Å². The minimum atomic E-state index is -0.671. The summed E-state index contributed by atoms with van der Waals surface area (Å²) in [5.41, 5.74) is 12.0. The number of hydrogen-bond acceptors (Lipinski definition) is 9. The van der Waals surface area contributed by atoms with Gasteiger partial charge in [-0.15, -0.1) is 0 Å². The second-order valence-corrected chi connectivity index (χ2v) is 10.7. The number of nitrogens with two attached hydrogens (primary N) is 1. The maximum atomic E-state index is 9.44. The van der Waals surface area contributed by atoms with Crippen LogP contribution in [0.25, 0.3) is 16.6 Å². The van der Waals surface area contributed by atoms with Crippen molar-refractivity contribution in [2.75, 3.05) is 42.6 Å². The number of aliphatic hydroxyl groups excluding tert-OH is 1. The second-order valence-electron chi connectivity index (χ2n) is 10.7. The molecule has 1 aromatic carbocycles. The molecule has 5 aromatic rings. The molecule has 1 aliphatic rings. The van der Waals surface area contributed by atoms with E-state index in [-0.39, 0.29) is 12.6 Å². The summed E-state index contributed by atoms with van der Waals surface area (Å²) in [6, 6.07) is 10.3. The van der Waals surface area contributed by atoms with Crippen molar-refractivity contribution in [1.82, 2.24) is 34.3 Å². The number of aliphatic hydroxyl groups is 1.